The first-order valence-corrected chi connectivity index (χ1v) is 13.4. The van der Waals surface area contributed by atoms with Crippen LogP contribution in [-0.2, 0) is 18.1 Å². The smallest absolute Gasteiger partial charge is 0.130 e. The van der Waals surface area contributed by atoms with Gasteiger partial charge >= 0.3 is 0 Å². The highest BCUT2D eigenvalue weighted by Gasteiger charge is 2.39. The molecule has 0 aliphatic heterocycles. The number of halogens is 1. The van der Waals surface area contributed by atoms with E-state index < -0.39 is 5.67 Å². The molecule has 1 aromatic heterocycles. The fourth-order valence-electron chi connectivity index (χ4n) is 5.91. The van der Waals surface area contributed by atoms with Gasteiger partial charge in [-0.1, -0.05) is 52.8 Å². The van der Waals surface area contributed by atoms with Crippen LogP contribution < -0.4 is 5.32 Å². The third kappa shape index (κ3) is 5.77. The molecule has 0 atom stereocenters. The molecule has 0 amide bonds. The summed E-state index contributed by atoms with van der Waals surface area (Å²) in [6, 6.07) is 7.82. The summed E-state index contributed by atoms with van der Waals surface area (Å²) in [5.41, 5.74) is 6.90. The first kappa shape index (κ1) is 28.9. The minimum atomic E-state index is -1.47. The third-order valence-electron chi connectivity index (χ3n) is 8.00. The Morgan fingerprint density at radius 2 is 1.65 bits per heavy atom. The summed E-state index contributed by atoms with van der Waals surface area (Å²) in [7, 11) is 6.31. The Morgan fingerprint density at radius 3 is 2.11 bits per heavy atom. The second-order valence-corrected chi connectivity index (χ2v) is 12.5. The van der Waals surface area contributed by atoms with Crippen LogP contribution in [0, 0.1) is 0 Å². The van der Waals surface area contributed by atoms with Crippen molar-refractivity contribution in [2.45, 2.75) is 90.8 Å². The summed E-state index contributed by atoms with van der Waals surface area (Å²) >= 11 is 0. The van der Waals surface area contributed by atoms with E-state index in [0.717, 1.165) is 52.3 Å². The van der Waals surface area contributed by atoms with Gasteiger partial charge < -0.3 is 5.32 Å². The molecule has 37 heavy (non-hydrogen) atoms. The number of aromatic nitrogens is 2. The van der Waals surface area contributed by atoms with E-state index in [4.69, 9.17) is 5.10 Å². The molecule has 2 aromatic rings. The quantitative estimate of drug-likeness (QED) is 0.366. The van der Waals surface area contributed by atoms with Gasteiger partial charge in [-0.2, -0.15) is 5.10 Å². The maximum atomic E-state index is 15.0. The summed E-state index contributed by atoms with van der Waals surface area (Å²) in [6.07, 6.45) is 4.70. The van der Waals surface area contributed by atoms with E-state index in [1.165, 1.54) is 18.4 Å². The number of anilines is 1. The molecule has 5 heteroatoms. The van der Waals surface area contributed by atoms with E-state index in [-0.39, 0.29) is 11.0 Å². The summed E-state index contributed by atoms with van der Waals surface area (Å²) in [4.78, 5) is 2.36. The Balaban J connectivity index is 2.14. The number of benzene rings is 1. The lowest BCUT2D eigenvalue weighted by Gasteiger charge is -2.39. The normalized spacial score (nSPS) is 16.6. The average Bonchev–Trinajstić information content (AvgIpc) is 3.40. The molecule has 0 bridgehead atoms. The van der Waals surface area contributed by atoms with Crippen LogP contribution in [-0.4, -0.2) is 34.3 Å². The zero-order chi connectivity index (χ0) is 27.9. The third-order valence-corrected chi connectivity index (χ3v) is 8.00. The Hall–Kier alpha value is -2.66. The highest BCUT2D eigenvalue weighted by molar-refractivity contribution is 5.79. The molecule has 1 aliphatic carbocycles. The fourth-order valence-corrected chi connectivity index (χ4v) is 5.91. The van der Waals surface area contributed by atoms with Crippen molar-refractivity contribution in [3.63, 3.8) is 0 Å². The van der Waals surface area contributed by atoms with Gasteiger partial charge in [-0.15, -0.1) is 0 Å². The van der Waals surface area contributed by atoms with Crippen LogP contribution in [0.5, 0.6) is 0 Å². The van der Waals surface area contributed by atoms with Crippen molar-refractivity contribution in [3.05, 3.63) is 71.1 Å². The van der Waals surface area contributed by atoms with Gasteiger partial charge in [0.25, 0.3) is 0 Å². The maximum Gasteiger partial charge on any atom is 0.130 e. The van der Waals surface area contributed by atoms with E-state index in [1.807, 2.05) is 36.9 Å². The predicted octanol–water partition coefficient (Wildman–Crippen LogP) is 8.28. The van der Waals surface area contributed by atoms with E-state index >= 15 is 4.39 Å². The number of nitrogens with one attached hydrogen (secondary N) is 1. The number of likely N-dealkylation sites (N-methyl/N-ethyl adjacent to an activating group) is 1. The topological polar surface area (TPSA) is 33.1 Å². The molecule has 1 N–H and O–H groups in total. The van der Waals surface area contributed by atoms with Gasteiger partial charge in [-0.25, -0.2) is 4.39 Å². The lowest BCUT2D eigenvalue weighted by Crippen LogP contribution is -2.43. The number of alkyl halides is 1. The van der Waals surface area contributed by atoms with Crippen LogP contribution in [0.4, 0.5) is 10.1 Å². The monoisotopic (exact) mass is 506 g/mol. The van der Waals surface area contributed by atoms with Crippen LogP contribution in [0.15, 0.2) is 59.8 Å². The van der Waals surface area contributed by atoms with Crippen molar-refractivity contribution in [3.8, 4) is 11.3 Å². The lowest BCUT2D eigenvalue weighted by molar-refractivity contribution is 0.198. The number of nitrogens with zero attached hydrogens (tertiary/aromatic N) is 3. The zero-order valence-corrected chi connectivity index (χ0v) is 24.8. The Morgan fingerprint density at radius 1 is 1.05 bits per heavy atom. The average molecular weight is 507 g/mol. The van der Waals surface area contributed by atoms with Gasteiger partial charge in [0.2, 0.25) is 0 Å². The summed E-state index contributed by atoms with van der Waals surface area (Å²) in [5.74, 6) is 0. The number of aryl methyl sites for hydroxylation is 1. The Labute approximate surface area is 224 Å². The van der Waals surface area contributed by atoms with E-state index in [9.17, 15) is 0 Å². The molecule has 3 rings (SSSR count). The molecular formula is C32H47FN4. The maximum absolute atomic E-state index is 15.0. The van der Waals surface area contributed by atoms with E-state index in [1.54, 1.807) is 13.8 Å². The first-order valence-electron chi connectivity index (χ1n) is 13.4. The van der Waals surface area contributed by atoms with Crippen molar-refractivity contribution in [1.82, 2.24) is 14.7 Å². The van der Waals surface area contributed by atoms with Crippen molar-refractivity contribution in [2.24, 2.45) is 7.05 Å². The Kier molecular flexibility index (Phi) is 8.00. The van der Waals surface area contributed by atoms with E-state index in [2.05, 4.69) is 71.2 Å². The highest BCUT2D eigenvalue weighted by Crippen LogP contribution is 2.43. The van der Waals surface area contributed by atoms with Crippen molar-refractivity contribution >= 4 is 5.69 Å². The molecule has 0 spiro atoms. The van der Waals surface area contributed by atoms with Crippen molar-refractivity contribution < 1.29 is 4.39 Å². The van der Waals surface area contributed by atoms with E-state index in [0.29, 0.717) is 5.56 Å². The molecule has 1 fully saturated rings. The molecule has 4 nitrogen and oxygen atoms in total. The Bertz CT molecular complexity index is 1210. The molecule has 202 valence electrons. The second kappa shape index (κ2) is 10.2. The summed E-state index contributed by atoms with van der Waals surface area (Å²) in [6.45, 7) is 22.8. The van der Waals surface area contributed by atoms with Crippen LogP contribution >= 0.6 is 0 Å². The number of allylic oxidation sites excluding steroid dienone is 1. The summed E-state index contributed by atoms with van der Waals surface area (Å²) < 4.78 is 17.0. The van der Waals surface area contributed by atoms with Crippen molar-refractivity contribution in [2.75, 3.05) is 19.4 Å². The van der Waals surface area contributed by atoms with Crippen LogP contribution in [0.3, 0.4) is 0 Å². The number of rotatable bonds is 8. The molecular weight excluding hydrogens is 459 g/mol. The number of hydrogen-bond donors (Lipinski definition) is 1. The predicted molar refractivity (Wildman–Crippen MR) is 157 cm³/mol. The standard InChI is InChI=1S/C32H47FN4/c1-21(2)29(22(3)32(36(10)11)17-13-14-18-32)23(4)34-26-16-15-24(31(8,9)33)19-25(26)27-20-28(30(5,6)7)37(12)35-27/h15-16,19-20,34H,1,4,13-14,17-18H2,2-3,5-12H3/b29-22+. The van der Waals surface area contributed by atoms with Crippen molar-refractivity contribution in [1.29, 1.82) is 0 Å². The van der Waals surface area contributed by atoms with Gasteiger partial charge in [0.1, 0.15) is 5.67 Å². The summed E-state index contributed by atoms with van der Waals surface area (Å²) in [5, 5.41) is 8.43. The first-order chi connectivity index (χ1) is 17.0. The fraction of sp³-hybridized carbons (Fsp3) is 0.531. The molecule has 0 saturated heterocycles. The van der Waals surface area contributed by atoms with Crippen LogP contribution in [0.2, 0.25) is 0 Å². The minimum absolute atomic E-state index is 0.00639. The van der Waals surface area contributed by atoms with Gasteiger partial charge in [0.05, 0.1) is 5.69 Å². The lowest BCUT2D eigenvalue weighted by atomic mass is 9.82. The van der Waals surface area contributed by atoms with Crippen LogP contribution in [0.25, 0.3) is 11.3 Å². The molecule has 1 saturated carbocycles. The van der Waals surface area contributed by atoms with Gasteiger partial charge in [0.15, 0.2) is 0 Å². The van der Waals surface area contributed by atoms with Gasteiger partial charge in [-0.3, -0.25) is 9.58 Å². The van der Waals surface area contributed by atoms with Gasteiger partial charge in [0, 0.05) is 46.2 Å². The SMILES string of the molecule is C=C(C)/C(C(=C)Nc1ccc(C(C)(C)F)cc1-c1cc(C(C)(C)C)n(C)n1)=C(/C)C1(N(C)C)CCCC1. The molecule has 0 radical (unpaired) electrons. The molecule has 1 aromatic carbocycles. The largest absolute Gasteiger partial charge is 0.355 e. The highest BCUT2D eigenvalue weighted by atomic mass is 19.1. The van der Waals surface area contributed by atoms with Gasteiger partial charge in [-0.05, 0) is 89.5 Å². The minimum Gasteiger partial charge on any atom is -0.355 e. The van der Waals surface area contributed by atoms with Crippen LogP contribution in [0.1, 0.15) is 85.4 Å². The molecule has 0 unspecified atom stereocenters. The second-order valence-electron chi connectivity index (χ2n) is 12.5. The molecule has 1 heterocycles. The zero-order valence-electron chi connectivity index (χ0n) is 24.8. The molecule has 1 aliphatic rings. The number of hydrogen-bond acceptors (Lipinski definition) is 3.